The number of nitrogens with two attached hydrogens (primary N) is 1. The Morgan fingerprint density at radius 1 is 1.89 bits per heavy atom. The van der Waals surface area contributed by atoms with Crippen LogP contribution >= 0.6 is 0 Å². The third-order valence-corrected chi connectivity index (χ3v) is 0.943. The third-order valence-electron chi connectivity index (χ3n) is 0.943. The fourth-order valence-electron chi connectivity index (χ4n) is 0.384. The zero-order valence-corrected chi connectivity index (χ0v) is 5.37. The summed E-state index contributed by atoms with van der Waals surface area (Å²) in [5.41, 5.74) is 5.15. The average Bonchev–Trinajstić information content (AvgIpc) is 1.82. The van der Waals surface area contributed by atoms with Crippen LogP contribution in [0.5, 0.6) is 0 Å². The van der Waals surface area contributed by atoms with Crippen molar-refractivity contribution in [3.05, 3.63) is 12.2 Å². The van der Waals surface area contributed by atoms with Gasteiger partial charge in [0.1, 0.15) is 6.04 Å². The maximum absolute atomic E-state index is 10.0. The van der Waals surface area contributed by atoms with Crippen LogP contribution in [-0.4, -0.2) is 17.1 Å². The topological polar surface area (TPSA) is 63.3 Å². The minimum absolute atomic E-state index is 0.409. The average molecular weight is 129 g/mol. The van der Waals surface area contributed by atoms with E-state index in [0.29, 0.717) is 6.42 Å². The van der Waals surface area contributed by atoms with E-state index in [1.807, 2.05) is 6.92 Å². The summed E-state index contributed by atoms with van der Waals surface area (Å²) in [6.07, 6.45) is 3.92. The first-order valence-electron chi connectivity index (χ1n) is 2.78. The van der Waals surface area contributed by atoms with Crippen LogP contribution in [0.15, 0.2) is 12.2 Å². The largest absolute Gasteiger partial charge is 0.480 e. The Bertz CT molecular complexity index is 120. The minimum atomic E-state index is -0.951. The first-order valence-corrected chi connectivity index (χ1v) is 2.78. The maximum atomic E-state index is 10.0. The molecule has 0 aromatic heterocycles. The Balaban J connectivity index is 3.50. The monoisotopic (exact) mass is 129 g/mol. The fraction of sp³-hybridized carbons (Fsp3) is 0.500. The lowest BCUT2D eigenvalue weighted by molar-refractivity contribution is -0.138. The lowest BCUT2D eigenvalue weighted by Gasteiger charge is -1.98. The van der Waals surface area contributed by atoms with Crippen LogP contribution in [0.1, 0.15) is 13.3 Å². The number of aliphatic carboxylic acids is 1. The van der Waals surface area contributed by atoms with Crippen LogP contribution in [0.25, 0.3) is 0 Å². The molecule has 0 aromatic carbocycles. The summed E-state index contributed by atoms with van der Waals surface area (Å²) in [4.78, 5) is 10.0. The summed E-state index contributed by atoms with van der Waals surface area (Å²) in [6.45, 7) is 1.83. The van der Waals surface area contributed by atoms with Gasteiger partial charge in [-0.15, -0.1) is 0 Å². The van der Waals surface area contributed by atoms with Gasteiger partial charge in [-0.3, -0.25) is 4.79 Å². The minimum Gasteiger partial charge on any atom is -0.480 e. The second-order valence-corrected chi connectivity index (χ2v) is 1.75. The van der Waals surface area contributed by atoms with Gasteiger partial charge in [0.05, 0.1) is 0 Å². The highest BCUT2D eigenvalue weighted by atomic mass is 16.4. The van der Waals surface area contributed by atoms with Crippen molar-refractivity contribution in [2.45, 2.75) is 19.4 Å². The van der Waals surface area contributed by atoms with Gasteiger partial charge >= 0.3 is 5.97 Å². The zero-order chi connectivity index (χ0) is 7.28. The van der Waals surface area contributed by atoms with Gasteiger partial charge in [0.15, 0.2) is 0 Å². The molecule has 9 heavy (non-hydrogen) atoms. The summed E-state index contributed by atoms with van der Waals surface area (Å²) in [7, 11) is 0. The van der Waals surface area contributed by atoms with Crippen LogP contribution in [0.4, 0.5) is 0 Å². The van der Waals surface area contributed by atoms with Gasteiger partial charge in [-0.2, -0.15) is 0 Å². The molecule has 3 heteroatoms. The third kappa shape index (κ3) is 3.73. The smallest absolute Gasteiger partial charge is 0.320 e. The summed E-state index contributed by atoms with van der Waals surface area (Å²) in [5.74, 6) is -0.951. The number of allylic oxidation sites excluding steroid dienone is 1. The number of carbonyl (C=O) groups is 1. The van der Waals surface area contributed by atoms with Crippen molar-refractivity contribution in [1.29, 1.82) is 0 Å². The second kappa shape index (κ2) is 4.09. The molecule has 0 saturated carbocycles. The van der Waals surface area contributed by atoms with E-state index in [1.54, 1.807) is 12.2 Å². The molecule has 52 valence electrons. The van der Waals surface area contributed by atoms with E-state index in [2.05, 4.69) is 0 Å². The Kier molecular flexibility index (Phi) is 3.71. The molecule has 1 atom stereocenters. The molecule has 0 unspecified atom stereocenters. The number of hydrogen-bond donors (Lipinski definition) is 2. The zero-order valence-electron chi connectivity index (χ0n) is 5.37. The Labute approximate surface area is 54.2 Å². The molecule has 0 aliphatic carbocycles. The number of carboxylic acids is 1. The number of hydrogen-bond acceptors (Lipinski definition) is 2. The number of carboxylic acid groups (broad SMARTS) is 1. The van der Waals surface area contributed by atoms with Gasteiger partial charge in [-0.05, 0) is 13.3 Å². The maximum Gasteiger partial charge on any atom is 0.320 e. The van der Waals surface area contributed by atoms with Crippen LogP contribution in [0.2, 0.25) is 0 Å². The normalized spacial score (nSPS) is 14.0. The SMILES string of the molecule is C/C=C\C[C@@H](N)C(=O)O. The molecule has 0 radical (unpaired) electrons. The molecule has 0 bridgehead atoms. The molecular formula is C6H11NO2. The molecule has 0 aliphatic rings. The lowest BCUT2D eigenvalue weighted by Crippen LogP contribution is -2.29. The molecule has 0 spiro atoms. The first-order chi connectivity index (χ1) is 4.18. The van der Waals surface area contributed by atoms with E-state index >= 15 is 0 Å². The highest BCUT2D eigenvalue weighted by molar-refractivity contribution is 5.73. The number of rotatable bonds is 3. The van der Waals surface area contributed by atoms with Crippen LogP contribution < -0.4 is 5.73 Å². The molecule has 0 fully saturated rings. The molecule has 0 aromatic rings. The Hall–Kier alpha value is -0.830. The molecule has 0 saturated heterocycles. The quantitative estimate of drug-likeness (QED) is 0.541. The fourth-order valence-corrected chi connectivity index (χ4v) is 0.384. The van der Waals surface area contributed by atoms with Gasteiger partial charge < -0.3 is 10.8 Å². The molecule has 0 heterocycles. The highest BCUT2D eigenvalue weighted by Crippen LogP contribution is 1.88. The van der Waals surface area contributed by atoms with E-state index in [9.17, 15) is 4.79 Å². The van der Waals surface area contributed by atoms with Gasteiger partial charge in [-0.25, -0.2) is 0 Å². The highest BCUT2D eigenvalue weighted by Gasteiger charge is 2.07. The lowest BCUT2D eigenvalue weighted by atomic mass is 10.2. The van der Waals surface area contributed by atoms with Crippen molar-refractivity contribution in [1.82, 2.24) is 0 Å². The van der Waals surface area contributed by atoms with Gasteiger partial charge in [-0.1, -0.05) is 12.2 Å². The van der Waals surface area contributed by atoms with E-state index < -0.39 is 12.0 Å². The Morgan fingerprint density at radius 2 is 2.44 bits per heavy atom. The van der Waals surface area contributed by atoms with Gasteiger partial charge in [0.2, 0.25) is 0 Å². The molecule has 0 amide bonds. The van der Waals surface area contributed by atoms with Crippen molar-refractivity contribution >= 4 is 5.97 Å². The predicted molar refractivity (Wildman–Crippen MR) is 35.0 cm³/mol. The van der Waals surface area contributed by atoms with Crippen molar-refractivity contribution in [2.75, 3.05) is 0 Å². The summed E-state index contributed by atoms with van der Waals surface area (Å²) < 4.78 is 0. The summed E-state index contributed by atoms with van der Waals surface area (Å²) in [5, 5.41) is 8.25. The van der Waals surface area contributed by atoms with E-state index in [0.717, 1.165) is 0 Å². The van der Waals surface area contributed by atoms with Crippen LogP contribution in [0, 0.1) is 0 Å². The first kappa shape index (κ1) is 8.17. The molecule has 0 rings (SSSR count). The molecular weight excluding hydrogens is 118 g/mol. The van der Waals surface area contributed by atoms with Crippen molar-refractivity contribution in [2.24, 2.45) is 5.73 Å². The van der Waals surface area contributed by atoms with Gasteiger partial charge in [0, 0.05) is 0 Å². The van der Waals surface area contributed by atoms with E-state index in [4.69, 9.17) is 10.8 Å². The van der Waals surface area contributed by atoms with Crippen molar-refractivity contribution in [3.8, 4) is 0 Å². The van der Waals surface area contributed by atoms with Crippen molar-refractivity contribution in [3.63, 3.8) is 0 Å². The summed E-state index contributed by atoms with van der Waals surface area (Å²) >= 11 is 0. The van der Waals surface area contributed by atoms with Gasteiger partial charge in [0.25, 0.3) is 0 Å². The van der Waals surface area contributed by atoms with E-state index in [-0.39, 0.29) is 0 Å². The predicted octanol–water partition coefficient (Wildman–Crippen LogP) is 0.365. The summed E-state index contributed by atoms with van der Waals surface area (Å²) in [6, 6.07) is -0.749. The molecule has 0 aliphatic heterocycles. The molecule has 3 nitrogen and oxygen atoms in total. The molecule has 3 N–H and O–H groups in total. The van der Waals surface area contributed by atoms with E-state index in [1.165, 1.54) is 0 Å². The van der Waals surface area contributed by atoms with Crippen molar-refractivity contribution < 1.29 is 9.90 Å². The second-order valence-electron chi connectivity index (χ2n) is 1.75. The van der Waals surface area contributed by atoms with Crippen LogP contribution in [0.3, 0.4) is 0 Å². The van der Waals surface area contributed by atoms with Crippen LogP contribution in [-0.2, 0) is 4.79 Å². The Morgan fingerprint density at radius 3 is 2.78 bits per heavy atom. The standard InChI is InChI=1S/C6H11NO2/c1-2-3-4-5(7)6(8)9/h2-3,5H,4,7H2,1H3,(H,8,9)/b3-2-/t5-/m1/s1.